The van der Waals surface area contributed by atoms with Gasteiger partial charge in [-0.05, 0) is 112 Å². The van der Waals surface area contributed by atoms with Crippen LogP contribution in [0.2, 0.25) is 0 Å². The van der Waals surface area contributed by atoms with Crippen LogP contribution in [0.4, 0.5) is 0 Å². The van der Waals surface area contributed by atoms with Crippen LogP contribution in [0.15, 0.2) is 58.7 Å². The van der Waals surface area contributed by atoms with E-state index >= 15 is 0 Å². The maximum atomic E-state index is 13.5. The van der Waals surface area contributed by atoms with Gasteiger partial charge < -0.3 is 29.2 Å². The number of benzene rings is 2. The Morgan fingerprint density at radius 2 is 1.80 bits per heavy atom. The molecule has 1 aliphatic carbocycles. The zero-order valence-corrected chi connectivity index (χ0v) is 29.5. The Morgan fingerprint density at radius 3 is 2.47 bits per heavy atom. The van der Waals surface area contributed by atoms with E-state index in [2.05, 4.69) is 22.8 Å². The Morgan fingerprint density at radius 1 is 1.04 bits per heavy atom. The van der Waals surface area contributed by atoms with Crippen molar-refractivity contribution in [3.8, 4) is 17.0 Å². The highest BCUT2D eigenvalue weighted by Gasteiger charge is 2.32. The molecule has 1 saturated carbocycles. The van der Waals surface area contributed by atoms with Crippen molar-refractivity contribution in [2.24, 2.45) is 10.7 Å². The van der Waals surface area contributed by atoms with E-state index in [0.29, 0.717) is 37.0 Å². The first-order chi connectivity index (χ1) is 23.6. The van der Waals surface area contributed by atoms with Crippen molar-refractivity contribution in [3.63, 3.8) is 0 Å². The van der Waals surface area contributed by atoms with Gasteiger partial charge in [-0.1, -0.05) is 25.3 Å². The molecular weight excluding hydrogens is 618 g/mol. The van der Waals surface area contributed by atoms with Gasteiger partial charge in [-0.15, -0.1) is 0 Å². The topological polar surface area (TPSA) is 114 Å². The zero-order valence-electron chi connectivity index (χ0n) is 29.5. The molecule has 3 aromatic rings. The Hall–Kier alpha value is -4.37. The summed E-state index contributed by atoms with van der Waals surface area (Å²) in [6.07, 6.45) is 10.7. The number of nitrogens with zero attached hydrogens (tertiary/aromatic N) is 2. The Kier molecular flexibility index (Phi) is 10.3. The summed E-state index contributed by atoms with van der Waals surface area (Å²) in [5, 5.41) is 1.13. The molecule has 1 aromatic heterocycles. The molecule has 1 saturated heterocycles. The number of rotatable bonds is 8. The largest absolute Gasteiger partial charge is 0.497 e. The van der Waals surface area contributed by atoms with Crippen molar-refractivity contribution in [1.29, 1.82) is 0 Å². The van der Waals surface area contributed by atoms with E-state index in [1.807, 2.05) is 45.0 Å². The van der Waals surface area contributed by atoms with Crippen LogP contribution in [0.5, 0.6) is 5.75 Å². The Labute approximate surface area is 289 Å². The molecule has 2 N–H and O–H groups in total. The second-order valence-corrected chi connectivity index (χ2v) is 14.2. The van der Waals surface area contributed by atoms with Crippen molar-refractivity contribution < 1.29 is 28.5 Å². The van der Waals surface area contributed by atoms with Crippen LogP contribution < -0.4 is 10.5 Å². The first-order valence-corrected chi connectivity index (χ1v) is 17.7. The minimum atomic E-state index is -0.628. The number of aliphatic imine (C=N–C) groups is 1. The summed E-state index contributed by atoms with van der Waals surface area (Å²) < 4.78 is 25.0. The third kappa shape index (κ3) is 7.32. The predicted octanol–water partition coefficient (Wildman–Crippen LogP) is 7.74. The fourth-order valence-electron chi connectivity index (χ4n) is 7.42. The van der Waals surface area contributed by atoms with Crippen LogP contribution >= 0.6 is 0 Å². The maximum absolute atomic E-state index is 13.5. The van der Waals surface area contributed by atoms with Gasteiger partial charge >= 0.3 is 11.9 Å². The molecule has 49 heavy (non-hydrogen) atoms. The van der Waals surface area contributed by atoms with Crippen LogP contribution in [-0.2, 0) is 25.5 Å². The molecule has 260 valence electrons. The van der Waals surface area contributed by atoms with Gasteiger partial charge in [-0.3, -0.25) is 4.99 Å². The lowest BCUT2D eigenvalue weighted by Crippen LogP contribution is -2.26. The summed E-state index contributed by atoms with van der Waals surface area (Å²) in [6, 6.07) is 12.1. The number of fused-ring (bicyclic) bond motifs is 5. The van der Waals surface area contributed by atoms with Gasteiger partial charge in [0.25, 0.3) is 0 Å². The van der Waals surface area contributed by atoms with Gasteiger partial charge in [-0.25, -0.2) is 9.59 Å². The first kappa shape index (κ1) is 34.5. The number of esters is 2. The number of allylic oxidation sites excluding steroid dienone is 1. The normalized spacial score (nSPS) is 17.9. The lowest BCUT2D eigenvalue weighted by molar-refractivity contribution is -0.137. The quantitative estimate of drug-likeness (QED) is 0.148. The maximum Gasteiger partial charge on any atom is 0.341 e. The second kappa shape index (κ2) is 14.6. The van der Waals surface area contributed by atoms with Crippen molar-refractivity contribution in [1.82, 2.24) is 4.57 Å². The molecular formula is C40H49N3O6. The van der Waals surface area contributed by atoms with Gasteiger partial charge in [0.05, 0.1) is 43.3 Å². The van der Waals surface area contributed by atoms with Gasteiger partial charge in [0, 0.05) is 35.9 Å². The van der Waals surface area contributed by atoms with Crippen molar-refractivity contribution in [3.05, 3.63) is 70.4 Å². The third-order valence-electron chi connectivity index (χ3n) is 9.65. The molecule has 2 aliphatic heterocycles. The summed E-state index contributed by atoms with van der Waals surface area (Å²) in [6.45, 7) is 9.22. The van der Waals surface area contributed by atoms with E-state index in [1.54, 1.807) is 14.0 Å². The molecule has 0 spiro atoms. The highest BCUT2D eigenvalue weighted by molar-refractivity contribution is 6.28. The number of ether oxygens (including phenoxy) is 4. The molecule has 2 fully saturated rings. The third-order valence-corrected chi connectivity index (χ3v) is 9.65. The van der Waals surface area contributed by atoms with Gasteiger partial charge in [0.1, 0.15) is 16.9 Å². The summed E-state index contributed by atoms with van der Waals surface area (Å²) in [5.74, 6) is 0.217. The van der Waals surface area contributed by atoms with Crippen LogP contribution in [0.1, 0.15) is 100 Å². The van der Waals surface area contributed by atoms with E-state index < -0.39 is 11.6 Å². The predicted molar refractivity (Wildman–Crippen MR) is 193 cm³/mol. The number of methoxy groups -OCH3 is 1. The molecule has 3 aliphatic rings. The van der Waals surface area contributed by atoms with E-state index in [0.717, 1.165) is 64.7 Å². The molecule has 0 amide bonds. The van der Waals surface area contributed by atoms with E-state index in [9.17, 15) is 9.59 Å². The monoisotopic (exact) mass is 667 g/mol. The fourth-order valence-corrected chi connectivity index (χ4v) is 7.42. The Balaban J connectivity index is 1.63. The smallest absolute Gasteiger partial charge is 0.341 e. The zero-order chi connectivity index (χ0) is 34.7. The highest BCUT2D eigenvalue weighted by Crippen LogP contribution is 2.47. The van der Waals surface area contributed by atoms with Crippen molar-refractivity contribution >= 4 is 34.6 Å². The molecule has 0 atom stereocenters. The van der Waals surface area contributed by atoms with Crippen LogP contribution in [-0.4, -0.2) is 60.8 Å². The fraction of sp³-hybridized carbons (Fsp3) is 0.475. The summed E-state index contributed by atoms with van der Waals surface area (Å²) in [5.41, 5.74) is 13.0. The molecule has 9 nitrogen and oxygen atoms in total. The number of hydrogen-bond donors (Lipinski definition) is 1. The molecule has 6 rings (SSSR count). The molecule has 0 radical (unpaired) electrons. The minimum Gasteiger partial charge on any atom is -0.497 e. The summed E-state index contributed by atoms with van der Waals surface area (Å²) >= 11 is 0. The molecule has 9 heteroatoms. The number of aromatic nitrogens is 1. The number of nitrogens with two attached hydrogens (primary N) is 1. The number of carbonyl (C=O) groups is 2. The second-order valence-electron chi connectivity index (χ2n) is 14.2. The highest BCUT2D eigenvalue weighted by atomic mass is 16.6. The molecule has 2 aromatic carbocycles. The minimum absolute atomic E-state index is 0.0421. The summed E-state index contributed by atoms with van der Waals surface area (Å²) in [7, 11) is 1.67. The molecule has 0 bridgehead atoms. The van der Waals surface area contributed by atoms with Gasteiger partial charge in [0.15, 0.2) is 0 Å². The number of hydrogen-bond acceptors (Lipinski definition) is 8. The number of carbonyl (C=O) groups excluding carboxylic acids is 2. The van der Waals surface area contributed by atoms with Crippen molar-refractivity contribution in [2.75, 3.05) is 26.9 Å². The first-order valence-electron chi connectivity index (χ1n) is 17.7. The van der Waals surface area contributed by atoms with E-state index in [-0.39, 0.29) is 24.2 Å². The standard InChI is InChI=1S/C40H49N3O6/c1-6-48-39(45)33(23-41)36(42-29-16-18-47-19-17-29)28-20-27-21-30(46-5)13-15-31(27)37-35(25-10-8-7-9-11-25)32-14-12-26(22-34(32)43(37)24-28)38(44)49-40(2,3)4/h12-15,20-23,25,29H,6-11,16-19,24,41H2,1-5H3. The van der Waals surface area contributed by atoms with E-state index in [1.165, 1.54) is 31.0 Å². The SMILES string of the molecule is CCOC(=O)C(=CN)C(=NC1CCOCC1)C1=Cc2cc(OC)ccc2-c2c(C3CCCCC3)c3ccc(C(=O)OC(C)(C)C)cc3n2C1. The van der Waals surface area contributed by atoms with Gasteiger partial charge in [-0.2, -0.15) is 0 Å². The summed E-state index contributed by atoms with van der Waals surface area (Å²) in [4.78, 5) is 32.1. The van der Waals surface area contributed by atoms with Crippen molar-refractivity contribution in [2.45, 2.75) is 96.7 Å². The lowest BCUT2D eigenvalue weighted by atomic mass is 9.81. The molecule has 3 heterocycles. The molecule has 0 unspecified atom stereocenters. The average molecular weight is 668 g/mol. The van der Waals surface area contributed by atoms with E-state index in [4.69, 9.17) is 29.7 Å². The Bertz CT molecular complexity index is 1810. The van der Waals surface area contributed by atoms with Crippen LogP contribution in [0, 0.1) is 0 Å². The van der Waals surface area contributed by atoms with Gasteiger partial charge in [0.2, 0.25) is 0 Å². The lowest BCUT2D eigenvalue weighted by Gasteiger charge is -2.24. The van der Waals surface area contributed by atoms with Crippen LogP contribution in [0.25, 0.3) is 28.2 Å². The van der Waals surface area contributed by atoms with Crippen LogP contribution in [0.3, 0.4) is 0 Å². The average Bonchev–Trinajstić information content (AvgIpc) is 3.30.